The van der Waals surface area contributed by atoms with Crippen LogP contribution in [-0.4, -0.2) is 48.0 Å². The Morgan fingerprint density at radius 2 is 1.60 bits per heavy atom. The van der Waals surface area contributed by atoms with Gasteiger partial charge in [-0.2, -0.15) is 0 Å². The second kappa shape index (κ2) is 15.4. The molecule has 7 heteroatoms. The fraction of sp³-hybridized carbons (Fsp3) is 0.679. The Morgan fingerprint density at radius 3 is 2.23 bits per heavy atom. The van der Waals surface area contributed by atoms with Gasteiger partial charge in [-0.3, -0.25) is 9.59 Å². The minimum absolute atomic E-state index is 0.184. The number of alkyl carbamates (subject to hydrolysis) is 1. The van der Waals surface area contributed by atoms with Crippen molar-refractivity contribution >= 4 is 17.9 Å². The quantitative estimate of drug-likeness (QED) is 0.334. The van der Waals surface area contributed by atoms with Crippen molar-refractivity contribution in [3.05, 3.63) is 34.9 Å². The smallest absolute Gasteiger partial charge is 0.408 e. The van der Waals surface area contributed by atoms with Crippen LogP contribution < -0.4 is 10.6 Å². The average Bonchev–Trinajstić information content (AvgIpc) is 2.78. The molecular formula is C28H47N3O4. The summed E-state index contributed by atoms with van der Waals surface area (Å²) in [5.41, 5.74) is 2.14. The van der Waals surface area contributed by atoms with Crippen LogP contribution in [0, 0.1) is 13.8 Å². The number of aryl methyl sites for hydroxylation is 2. The number of benzene rings is 1. The van der Waals surface area contributed by atoms with E-state index < -0.39 is 17.7 Å². The zero-order valence-corrected chi connectivity index (χ0v) is 23.0. The molecule has 7 nitrogen and oxygen atoms in total. The second-order valence-electron chi connectivity index (χ2n) is 10.3. The molecule has 1 aromatic rings. The van der Waals surface area contributed by atoms with E-state index in [9.17, 15) is 14.4 Å². The first kappa shape index (κ1) is 30.5. The van der Waals surface area contributed by atoms with Crippen molar-refractivity contribution in [2.75, 3.05) is 19.6 Å². The van der Waals surface area contributed by atoms with Crippen LogP contribution in [0.15, 0.2) is 18.2 Å². The number of rotatable bonds is 14. The third-order valence-corrected chi connectivity index (χ3v) is 5.72. The molecule has 35 heavy (non-hydrogen) atoms. The monoisotopic (exact) mass is 489 g/mol. The first-order valence-corrected chi connectivity index (χ1v) is 13.1. The van der Waals surface area contributed by atoms with Crippen molar-refractivity contribution in [3.63, 3.8) is 0 Å². The fourth-order valence-electron chi connectivity index (χ4n) is 3.86. The molecule has 0 bridgehead atoms. The standard InChI is InChI=1S/C28H47N3O4/c1-8-10-12-14-18-31(24(32)20-30-27(34)35-28(5,6)7)25(26(33)29-17-13-11-9-2)23-19-21(3)15-16-22(23)4/h15-16,19,25H,8-14,17-18,20H2,1-7H3,(H,29,33)(H,30,34). The van der Waals surface area contributed by atoms with E-state index in [-0.39, 0.29) is 18.4 Å². The molecule has 1 rings (SSSR count). The van der Waals surface area contributed by atoms with Crippen LogP contribution in [-0.2, 0) is 14.3 Å². The minimum Gasteiger partial charge on any atom is -0.444 e. The molecule has 198 valence electrons. The summed E-state index contributed by atoms with van der Waals surface area (Å²) in [7, 11) is 0. The zero-order valence-electron chi connectivity index (χ0n) is 23.0. The predicted molar refractivity (Wildman–Crippen MR) is 141 cm³/mol. The van der Waals surface area contributed by atoms with Crippen LogP contribution in [0.25, 0.3) is 0 Å². The molecule has 0 aromatic heterocycles. The van der Waals surface area contributed by atoms with Crippen LogP contribution in [0.5, 0.6) is 0 Å². The number of hydrogen-bond acceptors (Lipinski definition) is 4. The molecule has 2 N–H and O–H groups in total. The molecule has 0 spiro atoms. The molecule has 0 fully saturated rings. The summed E-state index contributed by atoms with van der Waals surface area (Å²) in [6.45, 7) is 14.3. The summed E-state index contributed by atoms with van der Waals surface area (Å²) in [4.78, 5) is 40.8. The van der Waals surface area contributed by atoms with E-state index in [1.165, 1.54) is 0 Å². The lowest BCUT2D eigenvalue weighted by atomic mass is 9.96. The van der Waals surface area contributed by atoms with Crippen LogP contribution >= 0.6 is 0 Å². The largest absolute Gasteiger partial charge is 0.444 e. The molecule has 0 aliphatic carbocycles. The summed E-state index contributed by atoms with van der Waals surface area (Å²) < 4.78 is 5.28. The van der Waals surface area contributed by atoms with Gasteiger partial charge in [-0.15, -0.1) is 0 Å². The zero-order chi connectivity index (χ0) is 26.4. The van der Waals surface area contributed by atoms with Gasteiger partial charge in [-0.25, -0.2) is 4.79 Å². The number of nitrogens with one attached hydrogen (secondary N) is 2. The first-order valence-electron chi connectivity index (χ1n) is 13.1. The molecule has 1 aromatic carbocycles. The lowest BCUT2D eigenvalue weighted by Crippen LogP contribution is -2.48. The Bertz CT molecular complexity index is 817. The molecule has 3 amide bonds. The van der Waals surface area contributed by atoms with Gasteiger partial charge in [0, 0.05) is 13.1 Å². The highest BCUT2D eigenvalue weighted by Gasteiger charge is 2.32. The summed E-state index contributed by atoms with van der Waals surface area (Å²) in [5.74, 6) is -0.488. The molecule has 1 unspecified atom stereocenters. The maximum absolute atomic E-state index is 13.5. The highest BCUT2D eigenvalue weighted by Crippen LogP contribution is 2.26. The van der Waals surface area contributed by atoms with Crippen molar-refractivity contribution in [2.45, 2.75) is 105 Å². The van der Waals surface area contributed by atoms with Crippen molar-refractivity contribution in [3.8, 4) is 0 Å². The van der Waals surface area contributed by atoms with Crippen molar-refractivity contribution in [1.82, 2.24) is 15.5 Å². The van der Waals surface area contributed by atoms with Crippen molar-refractivity contribution in [2.24, 2.45) is 0 Å². The topological polar surface area (TPSA) is 87.7 Å². The SMILES string of the molecule is CCCCCCN(C(=O)CNC(=O)OC(C)(C)C)C(C(=O)NCCCCC)c1cc(C)ccc1C. The molecule has 0 heterocycles. The third-order valence-electron chi connectivity index (χ3n) is 5.72. The number of amides is 3. The van der Waals surface area contributed by atoms with E-state index in [1.807, 2.05) is 32.0 Å². The highest BCUT2D eigenvalue weighted by atomic mass is 16.6. The van der Waals surface area contributed by atoms with Gasteiger partial charge in [-0.05, 0) is 58.6 Å². The average molecular weight is 490 g/mol. The number of hydrogen-bond donors (Lipinski definition) is 2. The van der Waals surface area contributed by atoms with Crippen molar-refractivity contribution in [1.29, 1.82) is 0 Å². The van der Waals surface area contributed by atoms with Crippen LogP contribution in [0.4, 0.5) is 4.79 Å². The van der Waals surface area contributed by atoms with Gasteiger partial charge >= 0.3 is 6.09 Å². The van der Waals surface area contributed by atoms with Gasteiger partial charge in [0.1, 0.15) is 18.2 Å². The highest BCUT2D eigenvalue weighted by molar-refractivity contribution is 5.90. The minimum atomic E-state index is -0.758. The molecule has 0 aliphatic heterocycles. The Labute approximate surface area is 212 Å². The number of nitrogens with zero attached hydrogens (tertiary/aromatic N) is 1. The van der Waals surface area contributed by atoms with Crippen molar-refractivity contribution < 1.29 is 19.1 Å². The van der Waals surface area contributed by atoms with Gasteiger partial charge in [0.15, 0.2) is 0 Å². The van der Waals surface area contributed by atoms with E-state index in [4.69, 9.17) is 4.74 Å². The van der Waals surface area contributed by atoms with E-state index in [0.717, 1.165) is 61.6 Å². The molecule has 0 saturated carbocycles. The second-order valence-corrected chi connectivity index (χ2v) is 10.3. The van der Waals surface area contributed by atoms with Gasteiger partial charge in [-0.1, -0.05) is 69.7 Å². The number of carbonyl (C=O) groups is 3. The lowest BCUT2D eigenvalue weighted by Gasteiger charge is -2.33. The molecule has 0 aliphatic rings. The normalized spacial score (nSPS) is 12.1. The lowest BCUT2D eigenvalue weighted by molar-refractivity contribution is -0.140. The Kier molecular flexibility index (Phi) is 13.4. The first-order chi connectivity index (χ1) is 16.5. The number of carbonyl (C=O) groups excluding carboxylic acids is 3. The maximum atomic E-state index is 13.5. The van der Waals surface area contributed by atoms with Gasteiger partial charge in [0.25, 0.3) is 0 Å². The number of ether oxygens (including phenoxy) is 1. The number of unbranched alkanes of at least 4 members (excludes halogenated alkanes) is 5. The van der Waals surface area contributed by atoms with Crippen LogP contribution in [0.1, 0.15) is 102 Å². The van der Waals surface area contributed by atoms with Crippen LogP contribution in [0.3, 0.4) is 0 Å². The summed E-state index contributed by atoms with van der Waals surface area (Å²) >= 11 is 0. The predicted octanol–water partition coefficient (Wildman–Crippen LogP) is 5.58. The molecule has 0 radical (unpaired) electrons. The third kappa shape index (κ3) is 11.6. The van der Waals surface area contributed by atoms with Gasteiger partial charge < -0.3 is 20.3 Å². The van der Waals surface area contributed by atoms with Gasteiger partial charge in [0.2, 0.25) is 11.8 Å². The summed E-state index contributed by atoms with van der Waals surface area (Å²) in [6.07, 6.45) is 6.24. The maximum Gasteiger partial charge on any atom is 0.408 e. The summed E-state index contributed by atoms with van der Waals surface area (Å²) in [5, 5.41) is 5.62. The molecule has 1 atom stereocenters. The van der Waals surface area contributed by atoms with E-state index in [1.54, 1.807) is 25.7 Å². The van der Waals surface area contributed by atoms with E-state index >= 15 is 0 Å². The molecular weight excluding hydrogens is 442 g/mol. The summed E-state index contributed by atoms with van der Waals surface area (Å²) in [6, 6.07) is 5.22. The Hall–Kier alpha value is -2.57. The fourth-order valence-corrected chi connectivity index (χ4v) is 3.86. The molecule has 0 saturated heterocycles. The van der Waals surface area contributed by atoms with Crippen LogP contribution in [0.2, 0.25) is 0 Å². The van der Waals surface area contributed by atoms with E-state index in [2.05, 4.69) is 24.5 Å². The van der Waals surface area contributed by atoms with E-state index in [0.29, 0.717) is 13.1 Å². The Balaban J connectivity index is 3.22. The van der Waals surface area contributed by atoms with Gasteiger partial charge in [0.05, 0.1) is 0 Å². The Morgan fingerprint density at radius 1 is 0.943 bits per heavy atom.